The molecule has 14 heavy (non-hydrogen) atoms. The van der Waals surface area contributed by atoms with Crippen LogP contribution in [0.3, 0.4) is 0 Å². The summed E-state index contributed by atoms with van der Waals surface area (Å²) in [6.45, 7) is 5.87. The molecule has 0 aromatic rings. The zero-order valence-electron chi connectivity index (χ0n) is 9.25. The molecule has 0 bridgehead atoms. The molecule has 5 nitrogen and oxygen atoms in total. The topological polar surface area (TPSA) is 90.7 Å². The Morgan fingerprint density at radius 2 is 1.64 bits per heavy atom. The van der Waals surface area contributed by atoms with Gasteiger partial charge in [0.1, 0.15) is 6.61 Å². The summed E-state index contributed by atoms with van der Waals surface area (Å²) >= 11 is 0. The van der Waals surface area contributed by atoms with E-state index in [9.17, 15) is 0 Å². The van der Waals surface area contributed by atoms with Crippen molar-refractivity contribution in [2.24, 2.45) is 11.5 Å². The Balaban J connectivity index is 3.63. The lowest BCUT2D eigenvalue weighted by molar-refractivity contribution is -0.310. The van der Waals surface area contributed by atoms with Gasteiger partial charge < -0.3 is 16.6 Å². The average Bonchev–Trinajstić information content (AvgIpc) is 2.11. The van der Waals surface area contributed by atoms with Crippen LogP contribution in [0, 0.1) is 0 Å². The van der Waals surface area contributed by atoms with Crippen LogP contribution in [-0.4, -0.2) is 36.0 Å². The summed E-state index contributed by atoms with van der Waals surface area (Å²) in [4.78, 5) is 9.77. The summed E-state index contributed by atoms with van der Waals surface area (Å²) in [7, 11) is 0. The first-order valence-electron chi connectivity index (χ1n) is 4.76. The molecule has 0 amide bonds. The van der Waals surface area contributed by atoms with E-state index >= 15 is 0 Å². The van der Waals surface area contributed by atoms with E-state index < -0.39 is 11.1 Å². The minimum absolute atomic E-state index is 0.126. The monoisotopic (exact) mass is 206 g/mol. The summed E-state index contributed by atoms with van der Waals surface area (Å²) in [5.74, 6) is 0. The van der Waals surface area contributed by atoms with Crippen LogP contribution in [0.25, 0.3) is 0 Å². The van der Waals surface area contributed by atoms with Gasteiger partial charge in [-0.3, -0.25) is 0 Å². The minimum atomic E-state index is -0.723. The van der Waals surface area contributed by atoms with Crippen molar-refractivity contribution in [3.8, 4) is 0 Å². The third-order valence-electron chi connectivity index (χ3n) is 1.88. The maximum Gasteiger partial charge on any atom is 0.102 e. The lowest BCUT2D eigenvalue weighted by atomic mass is 10.0. The van der Waals surface area contributed by atoms with Crippen LogP contribution in [0.4, 0.5) is 0 Å². The molecule has 1 unspecified atom stereocenters. The maximum absolute atomic E-state index is 8.96. The molecule has 0 aromatic heterocycles. The molecule has 1 atom stereocenters. The molecule has 5 heteroatoms. The highest BCUT2D eigenvalue weighted by molar-refractivity contribution is 4.80. The normalized spacial score (nSPS) is 16.7. The zero-order chi connectivity index (χ0) is 11.2. The summed E-state index contributed by atoms with van der Waals surface area (Å²) in [6, 6.07) is 0. The van der Waals surface area contributed by atoms with E-state index in [2.05, 4.69) is 0 Å². The van der Waals surface area contributed by atoms with Crippen molar-refractivity contribution in [2.75, 3.05) is 19.8 Å². The van der Waals surface area contributed by atoms with Gasteiger partial charge in [0.05, 0.1) is 18.8 Å². The lowest BCUT2D eigenvalue weighted by Crippen LogP contribution is -2.48. The van der Waals surface area contributed by atoms with E-state index in [1.165, 1.54) is 0 Å². The van der Waals surface area contributed by atoms with Crippen LogP contribution in [0.2, 0.25) is 0 Å². The highest BCUT2D eigenvalue weighted by Gasteiger charge is 2.23. The van der Waals surface area contributed by atoms with Crippen LogP contribution in [0.5, 0.6) is 0 Å². The van der Waals surface area contributed by atoms with Gasteiger partial charge in [-0.2, -0.15) is 0 Å². The summed E-state index contributed by atoms with van der Waals surface area (Å²) in [5.41, 5.74) is 10.3. The number of aliphatic hydroxyl groups is 1. The molecule has 0 aliphatic heterocycles. The van der Waals surface area contributed by atoms with E-state index in [-0.39, 0.29) is 19.8 Å². The molecule has 0 spiro atoms. The standard InChI is InChI=1S/C9H22N2O3/c1-4-9(11,5-12)7-14-13-6-8(2,3)10/h12H,4-7,10-11H2,1-3H3. The first-order valence-corrected chi connectivity index (χ1v) is 4.76. The Hall–Kier alpha value is -0.200. The van der Waals surface area contributed by atoms with Gasteiger partial charge in [-0.25, -0.2) is 9.78 Å². The molecular formula is C9H22N2O3. The highest BCUT2D eigenvalue weighted by atomic mass is 17.2. The fourth-order valence-corrected chi connectivity index (χ4v) is 0.612. The van der Waals surface area contributed by atoms with Gasteiger partial charge in [0.25, 0.3) is 0 Å². The molecule has 0 saturated carbocycles. The van der Waals surface area contributed by atoms with Gasteiger partial charge in [0, 0.05) is 5.54 Å². The van der Waals surface area contributed by atoms with Crippen molar-refractivity contribution in [3.63, 3.8) is 0 Å². The van der Waals surface area contributed by atoms with Crippen molar-refractivity contribution < 1.29 is 14.9 Å². The maximum atomic E-state index is 8.96. The number of nitrogens with two attached hydrogens (primary N) is 2. The molecule has 0 saturated heterocycles. The van der Waals surface area contributed by atoms with E-state index in [1.807, 2.05) is 20.8 Å². The third kappa shape index (κ3) is 6.28. The highest BCUT2D eigenvalue weighted by Crippen LogP contribution is 2.06. The predicted octanol–water partition coefficient (Wildman–Crippen LogP) is -0.228. The first kappa shape index (κ1) is 13.8. The van der Waals surface area contributed by atoms with Gasteiger partial charge in [-0.05, 0) is 20.3 Å². The summed E-state index contributed by atoms with van der Waals surface area (Å²) < 4.78 is 0. The molecule has 0 aliphatic rings. The number of rotatable bonds is 7. The minimum Gasteiger partial charge on any atom is -0.394 e. The number of hydrogen-bond donors (Lipinski definition) is 3. The molecule has 0 fully saturated rings. The Labute approximate surface area is 85.3 Å². The zero-order valence-corrected chi connectivity index (χ0v) is 9.25. The second kappa shape index (κ2) is 5.63. The SMILES string of the molecule is CCC(N)(CO)COOCC(C)(C)N. The Morgan fingerprint density at radius 3 is 2.00 bits per heavy atom. The second-order valence-electron chi connectivity index (χ2n) is 4.39. The van der Waals surface area contributed by atoms with Crippen LogP contribution < -0.4 is 11.5 Å². The van der Waals surface area contributed by atoms with Gasteiger partial charge in [-0.1, -0.05) is 6.92 Å². The van der Waals surface area contributed by atoms with E-state index in [0.717, 1.165) is 0 Å². The molecule has 0 rings (SSSR count). The Bertz CT molecular complexity index is 153. The van der Waals surface area contributed by atoms with E-state index in [1.54, 1.807) is 0 Å². The third-order valence-corrected chi connectivity index (χ3v) is 1.88. The van der Waals surface area contributed by atoms with Crippen molar-refractivity contribution in [1.82, 2.24) is 0 Å². The summed E-state index contributed by atoms with van der Waals surface area (Å²) in [6.07, 6.45) is 0.624. The lowest BCUT2D eigenvalue weighted by Gasteiger charge is -2.25. The smallest absolute Gasteiger partial charge is 0.102 e. The first-order chi connectivity index (χ1) is 6.33. The van der Waals surface area contributed by atoms with Crippen LogP contribution in [0.15, 0.2) is 0 Å². The van der Waals surface area contributed by atoms with Crippen molar-refractivity contribution in [3.05, 3.63) is 0 Å². The Kier molecular flexibility index (Phi) is 5.54. The van der Waals surface area contributed by atoms with Gasteiger partial charge in [-0.15, -0.1) is 0 Å². The molecule has 0 radical (unpaired) electrons. The van der Waals surface area contributed by atoms with E-state index in [0.29, 0.717) is 6.42 Å². The van der Waals surface area contributed by atoms with Gasteiger partial charge in [0.2, 0.25) is 0 Å². The fraction of sp³-hybridized carbons (Fsp3) is 1.00. The Morgan fingerprint density at radius 1 is 1.14 bits per heavy atom. The van der Waals surface area contributed by atoms with Crippen molar-refractivity contribution in [1.29, 1.82) is 0 Å². The molecule has 5 N–H and O–H groups in total. The predicted molar refractivity (Wildman–Crippen MR) is 54.5 cm³/mol. The second-order valence-corrected chi connectivity index (χ2v) is 4.39. The van der Waals surface area contributed by atoms with Gasteiger partial charge in [0.15, 0.2) is 0 Å². The van der Waals surface area contributed by atoms with Crippen LogP contribution in [-0.2, 0) is 9.78 Å². The molecule has 86 valence electrons. The summed E-state index contributed by atoms with van der Waals surface area (Å²) in [5, 5.41) is 8.96. The fourth-order valence-electron chi connectivity index (χ4n) is 0.612. The average molecular weight is 206 g/mol. The largest absolute Gasteiger partial charge is 0.394 e. The van der Waals surface area contributed by atoms with E-state index in [4.69, 9.17) is 26.3 Å². The van der Waals surface area contributed by atoms with Crippen LogP contribution in [0.1, 0.15) is 27.2 Å². The number of aliphatic hydroxyl groups excluding tert-OH is 1. The molecule has 0 aliphatic carbocycles. The molecular weight excluding hydrogens is 184 g/mol. The quantitative estimate of drug-likeness (QED) is 0.304. The van der Waals surface area contributed by atoms with Crippen LogP contribution >= 0.6 is 0 Å². The number of hydrogen-bond acceptors (Lipinski definition) is 5. The van der Waals surface area contributed by atoms with Crippen molar-refractivity contribution in [2.45, 2.75) is 38.3 Å². The van der Waals surface area contributed by atoms with Crippen molar-refractivity contribution >= 4 is 0 Å². The molecule has 0 heterocycles. The molecule has 0 aromatic carbocycles. The van der Waals surface area contributed by atoms with Gasteiger partial charge >= 0.3 is 0 Å².